The van der Waals surface area contributed by atoms with Gasteiger partial charge in [-0.3, -0.25) is 0 Å². The Morgan fingerprint density at radius 2 is 1.72 bits per heavy atom. The molecule has 0 atom stereocenters. The molecule has 4 heteroatoms. The van der Waals surface area contributed by atoms with E-state index in [1.165, 1.54) is 0 Å². The predicted octanol–water partition coefficient (Wildman–Crippen LogP) is 4.51. The summed E-state index contributed by atoms with van der Waals surface area (Å²) in [6, 6.07) is 15.7. The molecule has 18 heavy (non-hydrogen) atoms. The first-order valence-electron chi connectivity index (χ1n) is 5.51. The van der Waals surface area contributed by atoms with Gasteiger partial charge in [-0.15, -0.1) is 0 Å². The Morgan fingerprint density at radius 1 is 0.944 bits per heavy atom. The molecule has 0 bridgehead atoms. The van der Waals surface area contributed by atoms with Gasteiger partial charge in [0.15, 0.2) is 0 Å². The lowest BCUT2D eigenvalue weighted by molar-refractivity contribution is 0.216. The minimum atomic E-state index is 0.529. The largest absolute Gasteiger partial charge is 0.490 e. The molecule has 2 aromatic carbocycles. The molecule has 2 nitrogen and oxygen atoms in total. The summed E-state index contributed by atoms with van der Waals surface area (Å²) < 4.78 is 13.4. The lowest BCUT2D eigenvalue weighted by atomic mass is 10.3. The number of hydrogen-bond acceptors (Lipinski definition) is 2. The van der Waals surface area contributed by atoms with Crippen molar-refractivity contribution in [1.29, 1.82) is 0 Å². The monoisotopic (exact) mass is 418 g/mol. The molecule has 0 aliphatic heterocycles. The number of rotatable bonds is 5. The van der Waals surface area contributed by atoms with E-state index in [1.54, 1.807) is 0 Å². The second-order valence-electron chi connectivity index (χ2n) is 3.58. The van der Waals surface area contributed by atoms with E-state index in [9.17, 15) is 0 Å². The molecule has 0 heterocycles. The molecular weight excluding hydrogens is 407 g/mol. The topological polar surface area (TPSA) is 18.5 Å². The summed E-state index contributed by atoms with van der Waals surface area (Å²) in [4.78, 5) is 0. The fourth-order valence-electron chi connectivity index (χ4n) is 1.43. The van der Waals surface area contributed by atoms with Gasteiger partial charge in [0, 0.05) is 4.47 Å². The predicted molar refractivity (Wildman–Crippen MR) is 84.3 cm³/mol. The Kier molecular flexibility index (Phi) is 5.31. The summed E-state index contributed by atoms with van der Waals surface area (Å²) in [6.45, 7) is 1.06. The number of hydrogen-bond donors (Lipinski definition) is 0. The second kappa shape index (κ2) is 6.99. The average molecular weight is 419 g/mol. The summed E-state index contributed by atoms with van der Waals surface area (Å²) in [5, 5.41) is 0. The van der Waals surface area contributed by atoms with Gasteiger partial charge in [0.05, 0.1) is 3.57 Å². The Morgan fingerprint density at radius 3 is 2.50 bits per heavy atom. The smallest absolute Gasteiger partial charge is 0.132 e. The number of ether oxygens (including phenoxy) is 2. The maximum Gasteiger partial charge on any atom is 0.132 e. The van der Waals surface area contributed by atoms with E-state index in [0.717, 1.165) is 19.5 Å². The fourth-order valence-corrected chi connectivity index (χ4v) is 2.35. The van der Waals surface area contributed by atoms with Crippen LogP contribution in [0.3, 0.4) is 0 Å². The van der Waals surface area contributed by atoms with Crippen LogP contribution in [0.25, 0.3) is 0 Å². The Hall–Kier alpha value is -0.750. The van der Waals surface area contributed by atoms with Crippen LogP contribution in [0.15, 0.2) is 53.0 Å². The van der Waals surface area contributed by atoms with E-state index >= 15 is 0 Å². The van der Waals surface area contributed by atoms with Crippen molar-refractivity contribution in [3.8, 4) is 11.5 Å². The standard InChI is InChI=1S/C14H12BrIO2/c15-11-4-3-5-12(10-11)17-8-9-18-14-7-2-1-6-13(14)16/h1-7,10H,8-9H2. The van der Waals surface area contributed by atoms with Crippen molar-refractivity contribution in [2.75, 3.05) is 13.2 Å². The Bertz CT molecular complexity index is 517. The zero-order valence-corrected chi connectivity index (χ0v) is 13.3. The molecule has 0 fully saturated rings. The molecule has 0 spiro atoms. The van der Waals surface area contributed by atoms with Gasteiger partial charge in [-0.1, -0.05) is 34.1 Å². The summed E-state index contributed by atoms with van der Waals surface area (Å²) in [6.07, 6.45) is 0. The number of para-hydroxylation sites is 1. The lowest BCUT2D eigenvalue weighted by Gasteiger charge is -2.09. The van der Waals surface area contributed by atoms with Crippen LogP contribution in [0.5, 0.6) is 11.5 Å². The van der Waals surface area contributed by atoms with Crippen LogP contribution in [0.1, 0.15) is 0 Å². The van der Waals surface area contributed by atoms with Crippen LogP contribution < -0.4 is 9.47 Å². The van der Waals surface area contributed by atoms with Crippen molar-refractivity contribution in [1.82, 2.24) is 0 Å². The van der Waals surface area contributed by atoms with E-state index < -0.39 is 0 Å². The van der Waals surface area contributed by atoms with Gasteiger partial charge in [-0.05, 0) is 52.9 Å². The Balaban J connectivity index is 1.78. The van der Waals surface area contributed by atoms with Gasteiger partial charge in [-0.2, -0.15) is 0 Å². The third-order valence-corrected chi connectivity index (χ3v) is 3.63. The van der Waals surface area contributed by atoms with Crippen LogP contribution in [0.4, 0.5) is 0 Å². The number of benzene rings is 2. The van der Waals surface area contributed by atoms with E-state index in [2.05, 4.69) is 38.5 Å². The minimum Gasteiger partial charge on any atom is -0.490 e. The first-order chi connectivity index (χ1) is 8.75. The van der Waals surface area contributed by atoms with Crippen molar-refractivity contribution in [2.24, 2.45) is 0 Å². The maximum absolute atomic E-state index is 5.64. The molecule has 0 saturated carbocycles. The van der Waals surface area contributed by atoms with Crippen molar-refractivity contribution < 1.29 is 9.47 Å². The highest BCUT2D eigenvalue weighted by Gasteiger charge is 1.99. The molecule has 0 aliphatic rings. The SMILES string of the molecule is Brc1cccc(OCCOc2ccccc2I)c1. The second-order valence-corrected chi connectivity index (χ2v) is 5.66. The van der Waals surface area contributed by atoms with Gasteiger partial charge in [0.1, 0.15) is 24.7 Å². The van der Waals surface area contributed by atoms with Gasteiger partial charge < -0.3 is 9.47 Å². The van der Waals surface area contributed by atoms with Crippen LogP contribution in [0, 0.1) is 3.57 Å². The summed E-state index contributed by atoms with van der Waals surface area (Å²) >= 11 is 5.66. The average Bonchev–Trinajstić information content (AvgIpc) is 2.37. The van der Waals surface area contributed by atoms with Gasteiger partial charge in [0.2, 0.25) is 0 Å². The van der Waals surface area contributed by atoms with Gasteiger partial charge in [-0.25, -0.2) is 0 Å². The summed E-state index contributed by atoms with van der Waals surface area (Å²) in [5.74, 6) is 1.74. The fraction of sp³-hybridized carbons (Fsp3) is 0.143. The quantitative estimate of drug-likeness (QED) is 0.525. The first kappa shape index (κ1) is 13.7. The van der Waals surface area contributed by atoms with Gasteiger partial charge in [0.25, 0.3) is 0 Å². The molecule has 0 saturated heterocycles. The van der Waals surface area contributed by atoms with E-state index in [0.29, 0.717) is 13.2 Å². The van der Waals surface area contributed by atoms with E-state index in [-0.39, 0.29) is 0 Å². The van der Waals surface area contributed by atoms with E-state index in [4.69, 9.17) is 9.47 Å². The van der Waals surface area contributed by atoms with Crippen LogP contribution in [-0.2, 0) is 0 Å². The zero-order valence-electron chi connectivity index (χ0n) is 9.61. The molecule has 0 amide bonds. The first-order valence-corrected chi connectivity index (χ1v) is 7.38. The molecule has 94 valence electrons. The molecule has 0 unspecified atom stereocenters. The maximum atomic E-state index is 5.64. The molecule has 0 N–H and O–H groups in total. The molecule has 2 rings (SSSR count). The highest BCUT2D eigenvalue weighted by atomic mass is 127. The van der Waals surface area contributed by atoms with Crippen molar-refractivity contribution in [3.63, 3.8) is 0 Å². The van der Waals surface area contributed by atoms with Crippen molar-refractivity contribution in [2.45, 2.75) is 0 Å². The molecule has 0 aliphatic carbocycles. The summed E-state index contributed by atoms with van der Waals surface area (Å²) in [5.41, 5.74) is 0. The highest BCUT2D eigenvalue weighted by molar-refractivity contribution is 14.1. The third kappa shape index (κ3) is 4.17. The van der Waals surface area contributed by atoms with Crippen molar-refractivity contribution in [3.05, 3.63) is 56.6 Å². The summed E-state index contributed by atoms with van der Waals surface area (Å²) in [7, 11) is 0. The van der Waals surface area contributed by atoms with Crippen LogP contribution in [-0.4, -0.2) is 13.2 Å². The molecule has 0 radical (unpaired) electrons. The van der Waals surface area contributed by atoms with E-state index in [1.807, 2.05) is 48.5 Å². The van der Waals surface area contributed by atoms with Crippen LogP contribution in [0.2, 0.25) is 0 Å². The zero-order chi connectivity index (χ0) is 12.8. The lowest BCUT2D eigenvalue weighted by Crippen LogP contribution is -2.09. The third-order valence-electron chi connectivity index (χ3n) is 2.24. The number of halogens is 2. The normalized spacial score (nSPS) is 10.1. The molecular formula is C14H12BrIO2. The highest BCUT2D eigenvalue weighted by Crippen LogP contribution is 2.20. The van der Waals surface area contributed by atoms with Crippen LogP contribution >= 0.6 is 38.5 Å². The van der Waals surface area contributed by atoms with Crippen molar-refractivity contribution >= 4 is 38.5 Å². The Labute approximate surface area is 129 Å². The molecule has 2 aromatic rings. The molecule has 0 aromatic heterocycles. The minimum absolute atomic E-state index is 0.529. The van der Waals surface area contributed by atoms with Gasteiger partial charge >= 0.3 is 0 Å².